The third-order valence-electron chi connectivity index (χ3n) is 3.20. The molecule has 0 aliphatic rings. The fraction of sp³-hybridized carbons (Fsp3) is 0.500. The van der Waals surface area contributed by atoms with Gasteiger partial charge in [-0.25, -0.2) is 4.79 Å². The largest absolute Gasteiger partial charge is 0.493 e. The predicted molar refractivity (Wildman–Crippen MR) is 95.2 cm³/mol. The highest BCUT2D eigenvalue weighted by atomic mass is 16.5. The van der Waals surface area contributed by atoms with Crippen LogP contribution in [0.1, 0.15) is 33.3 Å². The van der Waals surface area contributed by atoms with Crippen molar-refractivity contribution in [2.75, 3.05) is 14.2 Å². The topological polar surface area (TPSA) is 103 Å². The first-order valence-corrected chi connectivity index (χ1v) is 8.09. The van der Waals surface area contributed by atoms with E-state index >= 15 is 0 Å². The number of benzene rings is 1. The lowest BCUT2D eigenvalue weighted by Gasteiger charge is -2.21. The van der Waals surface area contributed by atoms with Gasteiger partial charge in [-0.15, -0.1) is 0 Å². The van der Waals surface area contributed by atoms with Gasteiger partial charge in [0.15, 0.2) is 17.6 Å². The van der Waals surface area contributed by atoms with Crippen molar-refractivity contribution in [2.24, 2.45) is 0 Å². The van der Waals surface area contributed by atoms with Crippen molar-refractivity contribution in [2.45, 2.75) is 45.8 Å². The Morgan fingerprint density at radius 1 is 1.08 bits per heavy atom. The molecule has 144 valence electrons. The summed E-state index contributed by atoms with van der Waals surface area (Å²) in [6.07, 6.45) is -1.15. The summed E-state index contributed by atoms with van der Waals surface area (Å²) in [5.74, 6) is -0.270. The first-order valence-electron chi connectivity index (χ1n) is 8.09. The average molecular weight is 366 g/mol. The predicted octanol–water partition coefficient (Wildman–Crippen LogP) is 1.80. The van der Waals surface area contributed by atoms with Crippen LogP contribution in [0.15, 0.2) is 18.2 Å². The molecule has 0 saturated carbocycles. The van der Waals surface area contributed by atoms with E-state index in [-0.39, 0.29) is 6.42 Å². The SMILES string of the molecule is COc1ccc(CC(=O)OC(C)C(=O)NC(=O)NC(C)(C)C)cc1OC. The van der Waals surface area contributed by atoms with Gasteiger partial charge >= 0.3 is 12.0 Å². The van der Waals surface area contributed by atoms with E-state index in [9.17, 15) is 14.4 Å². The molecule has 8 heteroatoms. The molecule has 2 N–H and O–H groups in total. The number of carbonyl (C=O) groups is 3. The van der Waals surface area contributed by atoms with Crippen molar-refractivity contribution in [1.29, 1.82) is 0 Å². The fourth-order valence-electron chi connectivity index (χ4n) is 2.03. The number of urea groups is 1. The number of methoxy groups -OCH3 is 2. The quantitative estimate of drug-likeness (QED) is 0.744. The number of ether oxygens (including phenoxy) is 3. The van der Waals surface area contributed by atoms with E-state index in [1.165, 1.54) is 21.1 Å². The lowest BCUT2D eigenvalue weighted by molar-refractivity contribution is -0.153. The Hall–Kier alpha value is -2.77. The molecule has 0 radical (unpaired) electrons. The minimum absolute atomic E-state index is 0.0494. The Balaban J connectivity index is 2.59. The molecule has 1 aromatic carbocycles. The van der Waals surface area contributed by atoms with E-state index < -0.39 is 29.6 Å². The number of esters is 1. The summed E-state index contributed by atoms with van der Waals surface area (Å²) in [5.41, 5.74) is 0.156. The van der Waals surface area contributed by atoms with Gasteiger partial charge in [0.1, 0.15) is 0 Å². The van der Waals surface area contributed by atoms with Crippen molar-refractivity contribution in [3.8, 4) is 11.5 Å². The number of amides is 3. The van der Waals surface area contributed by atoms with Crippen LogP contribution in [0, 0.1) is 0 Å². The maximum Gasteiger partial charge on any atom is 0.321 e. The average Bonchev–Trinajstić information content (AvgIpc) is 2.52. The minimum atomic E-state index is -1.10. The van der Waals surface area contributed by atoms with Crippen LogP contribution in [0.3, 0.4) is 0 Å². The number of carbonyl (C=O) groups excluding carboxylic acids is 3. The van der Waals surface area contributed by atoms with Gasteiger partial charge in [0.25, 0.3) is 5.91 Å². The van der Waals surface area contributed by atoms with Crippen LogP contribution in [0.4, 0.5) is 4.79 Å². The lowest BCUT2D eigenvalue weighted by atomic mass is 10.1. The minimum Gasteiger partial charge on any atom is -0.493 e. The molecule has 0 heterocycles. The van der Waals surface area contributed by atoms with E-state index in [1.807, 2.05) is 0 Å². The van der Waals surface area contributed by atoms with Crippen LogP contribution in [0.25, 0.3) is 0 Å². The Morgan fingerprint density at radius 2 is 1.69 bits per heavy atom. The Bertz CT molecular complexity index is 666. The standard InChI is InChI=1S/C18H26N2O6/c1-11(16(22)19-17(23)20-18(2,3)4)26-15(21)10-12-7-8-13(24-5)14(9-12)25-6/h7-9,11H,10H2,1-6H3,(H2,19,20,22,23). The molecule has 1 atom stereocenters. The van der Waals surface area contributed by atoms with Gasteiger partial charge in [0, 0.05) is 5.54 Å². The Kier molecular flexibility index (Phi) is 7.42. The molecule has 1 unspecified atom stereocenters. The van der Waals surface area contributed by atoms with E-state index in [0.717, 1.165) is 0 Å². The molecular weight excluding hydrogens is 340 g/mol. The zero-order valence-electron chi connectivity index (χ0n) is 16.0. The molecule has 0 aromatic heterocycles. The van der Waals surface area contributed by atoms with Crippen LogP contribution in [0.5, 0.6) is 11.5 Å². The molecule has 3 amide bonds. The second kappa shape index (κ2) is 9.07. The van der Waals surface area contributed by atoms with Gasteiger partial charge in [-0.2, -0.15) is 0 Å². The molecule has 1 aromatic rings. The van der Waals surface area contributed by atoms with Crippen LogP contribution < -0.4 is 20.1 Å². The van der Waals surface area contributed by atoms with Crippen LogP contribution >= 0.6 is 0 Å². The van der Waals surface area contributed by atoms with Crippen molar-refractivity contribution in [3.05, 3.63) is 23.8 Å². The number of imide groups is 1. The molecule has 1 rings (SSSR count). The molecular formula is C18H26N2O6. The second-order valence-corrected chi connectivity index (χ2v) is 6.69. The van der Waals surface area contributed by atoms with Gasteiger partial charge in [-0.05, 0) is 45.4 Å². The van der Waals surface area contributed by atoms with Crippen molar-refractivity contribution in [1.82, 2.24) is 10.6 Å². The van der Waals surface area contributed by atoms with Gasteiger partial charge in [0.05, 0.1) is 20.6 Å². The monoisotopic (exact) mass is 366 g/mol. The third-order valence-corrected chi connectivity index (χ3v) is 3.20. The van der Waals surface area contributed by atoms with Gasteiger partial charge < -0.3 is 19.5 Å². The summed E-state index contributed by atoms with van der Waals surface area (Å²) < 4.78 is 15.4. The first kappa shape index (κ1) is 21.3. The number of hydrogen-bond donors (Lipinski definition) is 2. The van der Waals surface area contributed by atoms with E-state index in [1.54, 1.807) is 39.0 Å². The number of hydrogen-bond acceptors (Lipinski definition) is 6. The maximum absolute atomic E-state index is 12.0. The Morgan fingerprint density at radius 3 is 2.23 bits per heavy atom. The molecule has 0 spiro atoms. The highest BCUT2D eigenvalue weighted by Gasteiger charge is 2.22. The molecule has 0 aliphatic carbocycles. The van der Waals surface area contributed by atoms with Crippen molar-refractivity contribution in [3.63, 3.8) is 0 Å². The summed E-state index contributed by atoms with van der Waals surface area (Å²) in [6, 6.07) is 4.38. The second-order valence-electron chi connectivity index (χ2n) is 6.69. The number of rotatable bonds is 6. The zero-order valence-corrected chi connectivity index (χ0v) is 16.0. The summed E-state index contributed by atoms with van der Waals surface area (Å²) in [6.45, 7) is 6.74. The normalized spacial score (nSPS) is 11.9. The van der Waals surface area contributed by atoms with Gasteiger partial charge in [-0.1, -0.05) is 6.07 Å². The van der Waals surface area contributed by atoms with Crippen LogP contribution in [-0.2, 0) is 20.7 Å². The number of nitrogens with one attached hydrogen (secondary N) is 2. The molecule has 8 nitrogen and oxygen atoms in total. The molecule has 0 fully saturated rings. The highest BCUT2D eigenvalue weighted by molar-refractivity contribution is 5.97. The van der Waals surface area contributed by atoms with Crippen LogP contribution in [0.2, 0.25) is 0 Å². The molecule has 0 saturated heterocycles. The summed E-state index contributed by atoms with van der Waals surface area (Å²) in [4.78, 5) is 35.6. The fourth-order valence-corrected chi connectivity index (χ4v) is 2.03. The maximum atomic E-state index is 12.0. The zero-order chi connectivity index (χ0) is 19.9. The summed E-state index contributed by atoms with van der Waals surface area (Å²) >= 11 is 0. The highest BCUT2D eigenvalue weighted by Crippen LogP contribution is 2.27. The van der Waals surface area contributed by atoms with E-state index in [0.29, 0.717) is 17.1 Å². The third kappa shape index (κ3) is 7.00. The summed E-state index contributed by atoms with van der Waals surface area (Å²) in [5, 5.41) is 4.72. The lowest BCUT2D eigenvalue weighted by Crippen LogP contribution is -2.50. The summed E-state index contributed by atoms with van der Waals surface area (Å²) in [7, 11) is 3.01. The van der Waals surface area contributed by atoms with Crippen LogP contribution in [-0.4, -0.2) is 43.8 Å². The Labute approximate surface area is 153 Å². The van der Waals surface area contributed by atoms with Gasteiger partial charge in [-0.3, -0.25) is 14.9 Å². The van der Waals surface area contributed by atoms with Gasteiger partial charge in [0.2, 0.25) is 0 Å². The first-order chi connectivity index (χ1) is 12.1. The molecule has 0 bridgehead atoms. The van der Waals surface area contributed by atoms with Crippen molar-refractivity contribution >= 4 is 17.9 Å². The molecule has 0 aliphatic heterocycles. The van der Waals surface area contributed by atoms with E-state index in [4.69, 9.17) is 14.2 Å². The molecule has 26 heavy (non-hydrogen) atoms. The van der Waals surface area contributed by atoms with E-state index in [2.05, 4.69) is 10.6 Å². The smallest absolute Gasteiger partial charge is 0.321 e. The van der Waals surface area contributed by atoms with Crippen molar-refractivity contribution < 1.29 is 28.6 Å².